The summed E-state index contributed by atoms with van der Waals surface area (Å²) in [5, 5.41) is 11.5. The van der Waals surface area contributed by atoms with Crippen LogP contribution in [0.1, 0.15) is 25.2 Å². The molecule has 1 fully saturated rings. The highest BCUT2D eigenvalue weighted by atomic mass is 32.2. The van der Waals surface area contributed by atoms with Gasteiger partial charge in [-0.1, -0.05) is 17.7 Å². The third-order valence-electron chi connectivity index (χ3n) is 4.87. The van der Waals surface area contributed by atoms with Crippen molar-refractivity contribution in [3.63, 3.8) is 0 Å². The summed E-state index contributed by atoms with van der Waals surface area (Å²) < 4.78 is 5.87. The van der Waals surface area contributed by atoms with Gasteiger partial charge < -0.3 is 4.42 Å². The van der Waals surface area contributed by atoms with Crippen LogP contribution < -0.4 is 0 Å². The van der Waals surface area contributed by atoms with E-state index in [0.717, 1.165) is 16.8 Å². The molecule has 1 saturated heterocycles. The molecular weight excluding hydrogens is 426 g/mol. The van der Waals surface area contributed by atoms with Gasteiger partial charge in [0.2, 0.25) is 0 Å². The number of nitro benzene ring substituents is 1. The van der Waals surface area contributed by atoms with Gasteiger partial charge in [-0.15, -0.1) is 0 Å². The Morgan fingerprint density at radius 3 is 2.38 bits per heavy atom. The van der Waals surface area contributed by atoms with Crippen LogP contribution >= 0.6 is 11.8 Å². The second-order valence-corrected chi connectivity index (χ2v) is 8.62. The lowest BCUT2D eigenvalue weighted by molar-refractivity contribution is -0.384. The highest BCUT2D eigenvalue weighted by Crippen LogP contribution is 2.36. The number of thioether (sulfide) groups is 1. The predicted molar refractivity (Wildman–Crippen MR) is 127 cm³/mol. The minimum Gasteiger partial charge on any atom is -0.457 e. The van der Waals surface area contributed by atoms with Gasteiger partial charge >= 0.3 is 0 Å². The van der Waals surface area contributed by atoms with Crippen molar-refractivity contribution in [1.82, 2.24) is 4.90 Å². The first-order chi connectivity index (χ1) is 15.3. The molecule has 1 amide bonds. The maximum absolute atomic E-state index is 13.0. The van der Waals surface area contributed by atoms with Crippen LogP contribution in [0.5, 0.6) is 0 Å². The Morgan fingerprint density at radius 1 is 1.06 bits per heavy atom. The predicted octanol–water partition coefficient (Wildman–Crippen LogP) is 6.18. The fourth-order valence-corrected chi connectivity index (χ4v) is 4.31. The Morgan fingerprint density at radius 2 is 1.75 bits per heavy atom. The number of benzene rings is 2. The second-order valence-electron chi connectivity index (χ2n) is 7.62. The van der Waals surface area contributed by atoms with Crippen molar-refractivity contribution in [2.24, 2.45) is 4.99 Å². The SMILES string of the molecule is Cc1ccc(N=C2S/C(=C/c3ccc(-c4ccc([N+](=O)[O-])cc4)o3)C(=O)N2C(C)C)cc1. The van der Waals surface area contributed by atoms with E-state index >= 15 is 0 Å². The standard InChI is InChI=1S/C24H21N3O4S/c1-15(2)26-23(28)22(32-24(26)25-18-8-4-16(3)5-9-18)14-20-12-13-21(31-20)17-6-10-19(11-7-17)27(29)30/h4-15H,1-3H3/b22-14+,25-24?. The molecule has 1 aromatic heterocycles. The van der Waals surface area contributed by atoms with E-state index in [1.54, 1.807) is 35.2 Å². The molecule has 1 aliphatic rings. The second kappa shape index (κ2) is 8.84. The summed E-state index contributed by atoms with van der Waals surface area (Å²) in [7, 11) is 0. The average Bonchev–Trinajstić information content (AvgIpc) is 3.34. The summed E-state index contributed by atoms with van der Waals surface area (Å²) in [6, 6.07) is 17.5. The van der Waals surface area contributed by atoms with E-state index in [1.165, 1.54) is 23.9 Å². The van der Waals surface area contributed by atoms with Crippen LogP contribution in [0.4, 0.5) is 11.4 Å². The molecule has 162 valence electrons. The number of amidine groups is 1. The maximum atomic E-state index is 13.0. The fraction of sp³-hybridized carbons (Fsp3) is 0.167. The lowest BCUT2D eigenvalue weighted by atomic mass is 10.1. The molecule has 1 aliphatic heterocycles. The number of hydrogen-bond donors (Lipinski definition) is 0. The Balaban J connectivity index is 1.60. The molecule has 4 rings (SSSR count). The number of hydrogen-bond acceptors (Lipinski definition) is 6. The van der Waals surface area contributed by atoms with Crippen molar-refractivity contribution < 1.29 is 14.1 Å². The van der Waals surface area contributed by atoms with E-state index in [1.807, 2.05) is 45.0 Å². The van der Waals surface area contributed by atoms with Crippen LogP contribution in [-0.2, 0) is 4.79 Å². The molecule has 0 unspecified atom stereocenters. The molecule has 0 bridgehead atoms. The van der Waals surface area contributed by atoms with Crippen molar-refractivity contribution in [3.05, 3.63) is 87.0 Å². The van der Waals surface area contributed by atoms with E-state index in [2.05, 4.69) is 4.99 Å². The molecule has 2 aromatic carbocycles. The third kappa shape index (κ3) is 4.50. The zero-order chi connectivity index (χ0) is 22.8. The number of aryl methyl sites for hydroxylation is 1. The van der Waals surface area contributed by atoms with E-state index < -0.39 is 4.92 Å². The van der Waals surface area contributed by atoms with Gasteiger partial charge in [-0.25, -0.2) is 4.99 Å². The zero-order valence-electron chi connectivity index (χ0n) is 17.8. The molecule has 7 nitrogen and oxygen atoms in total. The number of amides is 1. The van der Waals surface area contributed by atoms with Gasteiger partial charge in [-0.3, -0.25) is 19.8 Å². The van der Waals surface area contributed by atoms with Crippen LogP contribution in [-0.4, -0.2) is 26.9 Å². The highest BCUT2D eigenvalue weighted by molar-refractivity contribution is 8.18. The van der Waals surface area contributed by atoms with Crippen LogP contribution in [0, 0.1) is 17.0 Å². The third-order valence-corrected chi connectivity index (χ3v) is 5.86. The molecule has 8 heteroatoms. The van der Waals surface area contributed by atoms with Gasteiger partial charge in [0, 0.05) is 29.8 Å². The van der Waals surface area contributed by atoms with Crippen molar-refractivity contribution in [2.75, 3.05) is 0 Å². The number of nitrogens with zero attached hydrogens (tertiary/aromatic N) is 3. The van der Waals surface area contributed by atoms with E-state index in [-0.39, 0.29) is 17.6 Å². The highest BCUT2D eigenvalue weighted by Gasteiger charge is 2.35. The quantitative estimate of drug-likeness (QED) is 0.265. The number of non-ortho nitro benzene ring substituents is 1. The first kappa shape index (κ1) is 21.6. The lowest BCUT2D eigenvalue weighted by Gasteiger charge is -2.19. The summed E-state index contributed by atoms with van der Waals surface area (Å²) in [5.41, 5.74) is 2.67. The lowest BCUT2D eigenvalue weighted by Crippen LogP contribution is -2.35. The summed E-state index contributed by atoms with van der Waals surface area (Å²) in [4.78, 5) is 30.3. The summed E-state index contributed by atoms with van der Waals surface area (Å²) in [6.45, 7) is 5.91. The van der Waals surface area contributed by atoms with Gasteiger partial charge in [0.1, 0.15) is 11.5 Å². The monoisotopic (exact) mass is 447 g/mol. The maximum Gasteiger partial charge on any atom is 0.269 e. The van der Waals surface area contributed by atoms with Gasteiger partial charge in [0.05, 0.1) is 15.5 Å². The smallest absolute Gasteiger partial charge is 0.269 e. The Bertz CT molecular complexity index is 1220. The minimum absolute atomic E-state index is 0.0183. The Labute approximate surface area is 189 Å². The van der Waals surface area contributed by atoms with Crippen LogP contribution in [0.15, 0.2) is 75.0 Å². The fourth-order valence-electron chi connectivity index (χ4n) is 3.21. The molecule has 2 heterocycles. The Kier molecular flexibility index (Phi) is 5.96. The van der Waals surface area contributed by atoms with Crippen LogP contribution in [0.2, 0.25) is 0 Å². The van der Waals surface area contributed by atoms with Crippen molar-refractivity contribution in [1.29, 1.82) is 0 Å². The molecule has 0 spiro atoms. The van der Waals surface area contributed by atoms with Gasteiger partial charge in [0.15, 0.2) is 5.17 Å². The van der Waals surface area contributed by atoms with Crippen LogP contribution in [0.25, 0.3) is 17.4 Å². The molecule has 0 saturated carbocycles. The molecule has 0 aliphatic carbocycles. The van der Waals surface area contributed by atoms with Gasteiger partial charge in [0.25, 0.3) is 11.6 Å². The number of furan rings is 1. The van der Waals surface area contributed by atoms with E-state index in [9.17, 15) is 14.9 Å². The van der Waals surface area contributed by atoms with Crippen molar-refractivity contribution in [2.45, 2.75) is 26.8 Å². The number of carbonyl (C=O) groups excluding carboxylic acids is 1. The number of carbonyl (C=O) groups is 1. The Hall–Kier alpha value is -3.65. The minimum atomic E-state index is -0.444. The molecule has 32 heavy (non-hydrogen) atoms. The van der Waals surface area contributed by atoms with Crippen molar-refractivity contribution >= 4 is 40.3 Å². The first-order valence-electron chi connectivity index (χ1n) is 10.0. The number of rotatable bonds is 5. The first-order valence-corrected chi connectivity index (χ1v) is 10.9. The summed E-state index contributed by atoms with van der Waals surface area (Å²) in [5.74, 6) is 0.968. The van der Waals surface area contributed by atoms with E-state index in [4.69, 9.17) is 4.42 Å². The molecule has 0 atom stereocenters. The molecule has 0 radical (unpaired) electrons. The van der Waals surface area contributed by atoms with E-state index in [0.29, 0.717) is 21.6 Å². The van der Waals surface area contributed by atoms with Crippen LogP contribution in [0.3, 0.4) is 0 Å². The summed E-state index contributed by atoms with van der Waals surface area (Å²) in [6.07, 6.45) is 1.70. The number of aliphatic imine (C=N–C) groups is 1. The molecule has 0 N–H and O–H groups in total. The topological polar surface area (TPSA) is 89.0 Å². The summed E-state index contributed by atoms with van der Waals surface area (Å²) >= 11 is 1.31. The normalized spacial score (nSPS) is 16.5. The molecular formula is C24H21N3O4S. The number of nitro groups is 1. The average molecular weight is 448 g/mol. The van der Waals surface area contributed by atoms with Gasteiger partial charge in [-0.2, -0.15) is 0 Å². The van der Waals surface area contributed by atoms with Crippen molar-refractivity contribution in [3.8, 4) is 11.3 Å². The van der Waals surface area contributed by atoms with Gasteiger partial charge in [-0.05, 0) is 68.9 Å². The largest absolute Gasteiger partial charge is 0.457 e. The zero-order valence-corrected chi connectivity index (χ0v) is 18.6. The molecule has 3 aromatic rings.